The smallest absolute Gasteiger partial charge is 0.356 e. The first-order valence-corrected chi connectivity index (χ1v) is 4.35. The predicted molar refractivity (Wildman–Crippen MR) is 53.5 cm³/mol. The zero-order chi connectivity index (χ0) is 12.1. The van der Waals surface area contributed by atoms with Crippen molar-refractivity contribution in [3.05, 3.63) is 23.4 Å². The first-order chi connectivity index (χ1) is 7.62. The molecule has 0 aliphatic carbocycles. The van der Waals surface area contributed by atoms with E-state index in [-0.39, 0.29) is 17.1 Å². The summed E-state index contributed by atoms with van der Waals surface area (Å²) in [6.45, 7) is 0. The second kappa shape index (κ2) is 5.11. The number of rotatable bonds is 3. The summed E-state index contributed by atoms with van der Waals surface area (Å²) < 4.78 is 13.9. The Morgan fingerprint density at radius 2 is 1.69 bits per heavy atom. The van der Waals surface area contributed by atoms with Crippen LogP contribution in [0, 0.1) is 0 Å². The number of aromatic nitrogens is 1. The van der Waals surface area contributed by atoms with Crippen LogP contribution in [0.5, 0.6) is 5.88 Å². The molecule has 0 bridgehead atoms. The summed E-state index contributed by atoms with van der Waals surface area (Å²) in [5.74, 6) is -1.08. The molecule has 0 radical (unpaired) electrons. The molecule has 0 aromatic carbocycles. The van der Waals surface area contributed by atoms with E-state index >= 15 is 0 Å². The van der Waals surface area contributed by atoms with Gasteiger partial charge in [-0.2, -0.15) is 0 Å². The van der Waals surface area contributed by atoms with Gasteiger partial charge >= 0.3 is 11.9 Å². The lowest BCUT2D eigenvalue weighted by Gasteiger charge is -2.05. The van der Waals surface area contributed by atoms with E-state index in [0.29, 0.717) is 0 Å². The van der Waals surface area contributed by atoms with Crippen molar-refractivity contribution in [2.45, 2.75) is 0 Å². The van der Waals surface area contributed by atoms with E-state index in [1.807, 2.05) is 0 Å². The Morgan fingerprint density at radius 3 is 2.19 bits per heavy atom. The summed E-state index contributed by atoms with van der Waals surface area (Å²) >= 11 is 0. The molecule has 0 fully saturated rings. The Bertz CT molecular complexity index is 381. The third-order valence-electron chi connectivity index (χ3n) is 1.83. The van der Waals surface area contributed by atoms with Gasteiger partial charge in [0.2, 0.25) is 5.88 Å². The fourth-order valence-electron chi connectivity index (χ4n) is 1.05. The third-order valence-corrected chi connectivity index (χ3v) is 1.83. The lowest BCUT2D eigenvalue weighted by Crippen LogP contribution is -2.09. The van der Waals surface area contributed by atoms with E-state index < -0.39 is 11.9 Å². The quantitative estimate of drug-likeness (QED) is 0.703. The third kappa shape index (κ3) is 2.47. The molecule has 6 heteroatoms. The van der Waals surface area contributed by atoms with Crippen LogP contribution in [-0.2, 0) is 9.47 Å². The van der Waals surface area contributed by atoms with E-state index in [9.17, 15) is 9.59 Å². The van der Waals surface area contributed by atoms with Crippen molar-refractivity contribution in [3.8, 4) is 5.88 Å². The maximum Gasteiger partial charge on any atom is 0.356 e. The lowest BCUT2D eigenvalue weighted by molar-refractivity contribution is 0.0592. The van der Waals surface area contributed by atoms with Gasteiger partial charge in [-0.3, -0.25) is 0 Å². The van der Waals surface area contributed by atoms with Gasteiger partial charge in [-0.05, 0) is 6.07 Å². The molecule has 1 heterocycles. The van der Waals surface area contributed by atoms with Gasteiger partial charge < -0.3 is 14.2 Å². The van der Waals surface area contributed by atoms with Crippen LogP contribution in [0.1, 0.15) is 20.8 Å². The number of methoxy groups -OCH3 is 3. The van der Waals surface area contributed by atoms with Crippen molar-refractivity contribution >= 4 is 11.9 Å². The van der Waals surface area contributed by atoms with Gasteiger partial charge in [0.1, 0.15) is 0 Å². The fraction of sp³-hybridized carbons (Fsp3) is 0.300. The van der Waals surface area contributed by atoms with Crippen LogP contribution in [-0.4, -0.2) is 38.3 Å². The molecular formula is C10H11NO5. The Hall–Kier alpha value is -2.11. The average Bonchev–Trinajstić information content (AvgIpc) is 2.35. The Labute approximate surface area is 92.1 Å². The molecule has 86 valence electrons. The molecule has 0 spiro atoms. The van der Waals surface area contributed by atoms with E-state index in [2.05, 4.69) is 14.5 Å². The highest BCUT2D eigenvalue weighted by Crippen LogP contribution is 2.14. The number of ether oxygens (including phenoxy) is 3. The minimum atomic E-state index is -0.649. The number of hydrogen-bond acceptors (Lipinski definition) is 6. The molecule has 6 nitrogen and oxygen atoms in total. The SMILES string of the molecule is COC(=O)c1cc(OC)nc(C(=O)OC)c1. The summed E-state index contributed by atoms with van der Waals surface area (Å²) in [6.07, 6.45) is 0. The topological polar surface area (TPSA) is 74.7 Å². The first kappa shape index (κ1) is 12.0. The molecule has 0 saturated heterocycles. The van der Waals surface area contributed by atoms with Crippen molar-refractivity contribution in [2.24, 2.45) is 0 Å². The maximum absolute atomic E-state index is 11.3. The molecular weight excluding hydrogens is 214 g/mol. The van der Waals surface area contributed by atoms with Gasteiger partial charge in [0.25, 0.3) is 0 Å². The van der Waals surface area contributed by atoms with Crippen LogP contribution in [0.25, 0.3) is 0 Å². The summed E-state index contributed by atoms with van der Waals surface area (Å²) in [4.78, 5) is 26.4. The predicted octanol–water partition coefficient (Wildman–Crippen LogP) is 0.663. The number of hydrogen-bond donors (Lipinski definition) is 0. The molecule has 1 rings (SSSR count). The largest absolute Gasteiger partial charge is 0.481 e. The van der Waals surface area contributed by atoms with Crippen LogP contribution in [0.2, 0.25) is 0 Å². The molecule has 0 saturated carbocycles. The van der Waals surface area contributed by atoms with E-state index in [4.69, 9.17) is 4.74 Å². The lowest BCUT2D eigenvalue weighted by atomic mass is 10.2. The summed E-state index contributed by atoms with van der Waals surface area (Å²) in [5, 5.41) is 0. The highest BCUT2D eigenvalue weighted by atomic mass is 16.5. The second-order valence-corrected chi connectivity index (χ2v) is 2.77. The minimum absolute atomic E-state index is 0.0118. The fourth-order valence-corrected chi connectivity index (χ4v) is 1.05. The van der Waals surface area contributed by atoms with Crippen molar-refractivity contribution in [1.29, 1.82) is 0 Å². The van der Waals surface area contributed by atoms with Gasteiger partial charge in [0.15, 0.2) is 5.69 Å². The van der Waals surface area contributed by atoms with Crippen molar-refractivity contribution < 1.29 is 23.8 Å². The number of carbonyl (C=O) groups excluding carboxylic acids is 2. The van der Waals surface area contributed by atoms with Crippen molar-refractivity contribution in [1.82, 2.24) is 4.98 Å². The molecule has 0 amide bonds. The number of nitrogens with zero attached hydrogens (tertiary/aromatic N) is 1. The second-order valence-electron chi connectivity index (χ2n) is 2.77. The maximum atomic E-state index is 11.3. The summed E-state index contributed by atoms with van der Waals surface area (Å²) in [6, 6.07) is 2.65. The molecule has 0 aliphatic rings. The highest BCUT2D eigenvalue weighted by molar-refractivity contribution is 5.94. The Morgan fingerprint density at radius 1 is 1.06 bits per heavy atom. The zero-order valence-electron chi connectivity index (χ0n) is 9.14. The average molecular weight is 225 g/mol. The van der Waals surface area contributed by atoms with Crippen LogP contribution >= 0.6 is 0 Å². The number of pyridine rings is 1. The molecule has 0 aliphatic heterocycles. The van der Waals surface area contributed by atoms with Gasteiger partial charge in [-0.25, -0.2) is 14.6 Å². The standard InChI is InChI=1S/C10H11NO5/c1-14-8-5-6(9(12)15-2)4-7(11-8)10(13)16-3/h4-5H,1-3H3. The van der Waals surface area contributed by atoms with E-state index in [0.717, 1.165) is 0 Å². The number of carbonyl (C=O) groups is 2. The van der Waals surface area contributed by atoms with Crippen molar-refractivity contribution in [3.63, 3.8) is 0 Å². The van der Waals surface area contributed by atoms with Crippen LogP contribution in [0.4, 0.5) is 0 Å². The number of esters is 2. The van der Waals surface area contributed by atoms with Gasteiger partial charge in [-0.1, -0.05) is 0 Å². The van der Waals surface area contributed by atoms with Crippen LogP contribution < -0.4 is 4.74 Å². The highest BCUT2D eigenvalue weighted by Gasteiger charge is 2.15. The van der Waals surface area contributed by atoms with Gasteiger partial charge in [0.05, 0.1) is 26.9 Å². The molecule has 0 N–H and O–H groups in total. The van der Waals surface area contributed by atoms with Gasteiger partial charge in [0, 0.05) is 6.07 Å². The molecule has 16 heavy (non-hydrogen) atoms. The molecule has 1 aromatic heterocycles. The molecule has 0 atom stereocenters. The molecule has 1 aromatic rings. The summed E-state index contributed by atoms with van der Waals surface area (Å²) in [7, 11) is 3.85. The van der Waals surface area contributed by atoms with Gasteiger partial charge in [-0.15, -0.1) is 0 Å². The van der Waals surface area contributed by atoms with Crippen LogP contribution in [0.3, 0.4) is 0 Å². The monoisotopic (exact) mass is 225 g/mol. The normalized spacial score (nSPS) is 9.44. The van der Waals surface area contributed by atoms with E-state index in [1.165, 1.54) is 33.5 Å². The zero-order valence-corrected chi connectivity index (χ0v) is 9.14. The summed E-state index contributed by atoms with van der Waals surface area (Å²) in [5.41, 5.74) is 0.164. The van der Waals surface area contributed by atoms with E-state index in [1.54, 1.807) is 0 Å². The Kier molecular flexibility index (Phi) is 3.82. The minimum Gasteiger partial charge on any atom is -0.481 e. The van der Waals surface area contributed by atoms with Crippen LogP contribution in [0.15, 0.2) is 12.1 Å². The Balaban J connectivity index is 3.20. The molecule has 0 unspecified atom stereocenters. The first-order valence-electron chi connectivity index (χ1n) is 4.35. The van der Waals surface area contributed by atoms with Crippen molar-refractivity contribution in [2.75, 3.05) is 21.3 Å².